The van der Waals surface area contributed by atoms with Crippen molar-refractivity contribution in [1.29, 1.82) is 0 Å². The molecular weight excluding hydrogens is 420 g/mol. The molecule has 0 bridgehead atoms. The van der Waals surface area contributed by atoms with Crippen LogP contribution in [0.15, 0.2) is 49.1 Å². The molecule has 6 nitrogen and oxygen atoms in total. The van der Waals surface area contributed by atoms with Crippen molar-refractivity contribution in [2.75, 3.05) is 0 Å². The molecule has 2 fully saturated rings. The van der Waals surface area contributed by atoms with Crippen LogP contribution >= 0.6 is 0 Å². The predicted octanol–water partition coefficient (Wildman–Crippen LogP) is 6.59. The number of aromatic nitrogens is 4. The smallest absolute Gasteiger partial charge is 0.0960 e. The topological polar surface area (TPSA) is 87.7 Å². The van der Waals surface area contributed by atoms with Crippen LogP contribution in [-0.4, -0.2) is 19.1 Å². The van der Waals surface area contributed by atoms with E-state index in [1.54, 1.807) is 0 Å². The van der Waals surface area contributed by atoms with Crippen LogP contribution in [0.1, 0.15) is 102 Å². The van der Waals surface area contributed by atoms with E-state index in [0.717, 1.165) is 16.6 Å². The first-order valence-electron chi connectivity index (χ1n) is 12.9. The fourth-order valence-electron chi connectivity index (χ4n) is 3.95. The second-order valence-electron chi connectivity index (χ2n) is 9.84. The number of nitrogens with zero attached hydrogens (tertiary/aromatic N) is 4. The van der Waals surface area contributed by atoms with Gasteiger partial charge in [-0.1, -0.05) is 38.8 Å². The van der Waals surface area contributed by atoms with Crippen LogP contribution in [0.2, 0.25) is 0 Å². The highest BCUT2D eigenvalue weighted by Crippen LogP contribution is 2.38. The molecule has 0 radical (unpaired) electrons. The zero-order valence-electron chi connectivity index (χ0n) is 21.1. The number of fused-ring (bicyclic) bond motifs is 2. The minimum absolute atomic E-state index is 0.0838. The lowest BCUT2D eigenvalue weighted by Gasteiger charge is -2.06. The molecule has 4 aromatic rings. The molecule has 2 atom stereocenters. The zero-order chi connectivity index (χ0) is 24.2. The fraction of sp³-hybridized carbons (Fsp3) is 0.500. The maximum atomic E-state index is 5.89. The molecule has 4 N–H and O–H groups in total. The Labute approximate surface area is 203 Å². The molecule has 2 saturated carbocycles. The van der Waals surface area contributed by atoms with Crippen LogP contribution in [0.25, 0.3) is 22.1 Å². The van der Waals surface area contributed by atoms with Gasteiger partial charge >= 0.3 is 0 Å². The number of hydrogen-bond acceptors (Lipinski definition) is 4. The third kappa shape index (κ3) is 5.68. The highest BCUT2D eigenvalue weighted by atomic mass is 15.1. The first-order valence-corrected chi connectivity index (χ1v) is 12.9. The Morgan fingerprint density at radius 1 is 0.735 bits per heavy atom. The number of rotatable bonds is 5. The maximum absolute atomic E-state index is 5.89. The van der Waals surface area contributed by atoms with Gasteiger partial charge in [0.15, 0.2) is 0 Å². The Morgan fingerprint density at radius 3 is 1.76 bits per heavy atom. The number of nitrogens with two attached hydrogens (primary N) is 2. The van der Waals surface area contributed by atoms with Gasteiger partial charge < -0.3 is 20.6 Å². The van der Waals surface area contributed by atoms with E-state index in [0.29, 0.717) is 12.1 Å². The van der Waals surface area contributed by atoms with Crippen molar-refractivity contribution in [2.24, 2.45) is 11.5 Å². The summed E-state index contributed by atoms with van der Waals surface area (Å²) in [6.45, 7) is 8.37. The van der Waals surface area contributed by atoms with Crippen LogP contribution in [0.5, 0.6) is 0 Å². The summed E-state index contributed by atoms with van der Waals surface area (Å²) in [6, 6.07) is 14.2. The second kappa shape index (κ2) is 10.7. The Hall–Kier alpha value is -2.70. The number of unbranched alkanes of at least 4 members (excludes halogenated alkanes) is 1. The lowest BCUT2D eigenvalue weighted by molar-refractivity contribution is 0.763. The molecule has 0 saturated heterocycles. The number of hydrogen-bond donors (Lipinski definition) is 2. The second-order valence-corrected chi connectivity index (χ2v) is 9.84. The summed E-state index contributed by atoms with van der Waals surface area (Å²) in [5.74, 6) is 0. The number of benzene rings is 2. The minimum Gasteiger partial charge on any atom is -0.327 e. The Kier molecular flexibility index (Phi) is 7.69. The van der Waals surface area contributed by atoms with E-state index in [2.05, 4.69) is 69.3 Å². The van der Waals surface area contributed by atoms with Gasteiger partial charge in [-0.15, -0.1) is 0 Å². The van der Waals surface area contributed by atoms with Crippen molar-refractivity contribution in [3.05, 3.63) is 60.2 Å². The van der Waals surface area contributed by atoms with E-state index in [4.69, 9.17) is 11.5 Å². The Morgan fingerprint density at radius 2 is 1.24 bits per heavy atom. The van der Waals surface area contributed by atoms with E-state index < -0.39 is 0 Å². The van der Waals surface area contributed by atoms with Crippen molar-refractivity contribution >= 4 is 22.1 Å². The molecule has 6 rings (SSSR count). The summed E-state index contributed by atoms with van der Waals surface area (Å²) >= 11 is 0. The summed E-state index contributed by atoms with van der Waals surface area (Å²) < 4.78 is 4.56. The van der Waals surface area contributed by atoms with E-state index in [9.17, 15) is 0 Å². The molecule has 2 aromatic heterocycles. The standard InChI is InChI=1S/2C12H15N3.C4H10/c1-8(13)9-2-5-12-11(6-9)14-7-15(12)10-3-4-10;1-8(13)9-2-5-11-12(6-9)15(7-14-11)10-3-4-10;1-3-4-2/h2*2,5-8,10H,3-4,13H2,1H3;3-4H2,1-2H3. The summed E-state index contributed by atoms with van der Waals surface area (Å²) in [5, 5.41) is 0. The molecule has 0 spiro atoms. The maximum Gasteiger partial charge on any atom is 0.0960 e. The summed E-state index contributed by atoms with van der Waals surface area (Å²) in [7, 11) is 0. The van der Waals surface area contributed by atoms with Crippen molar-refractivity contribution < 1.29 is 0 Å². The molecule has 0 aliphatic heterocycles. The Bertz CT molecular complexity index is 1210. The zero-order valence-corrected chi connectivity index (χ0v) is 21.1. The molecular formula is C28H40N6. The lowest BCUT2D eigenvalue weighted by Crippen LogP contribution is -2.04. The van der Waals surface area contributed by atoms with Gasteiger partial charge in [-0.05, 0) is 74.9 Å². The summed E-state index contributed by atoms with van der Waals surface area (Å²) in [6.07, 6.45) is 11.7. The molecule has 6 heteroatoms. The van der Waals surface area contributed by atoms with Gasteiger partial charge in [0, 0.05) is 24.2 Å². The molecule has 2 heterocycles. The van der Waals surface area contributed by atoms with Gasteiger partial charge in [-0.3, -0.25) is 0 Å². The molecule has 2 aliphatic rings. The van der Waals surface area contributed by atoms with Crippen LogP contribution in [-0.2, 0) is 0 Å². The molecule has 2 aromatic carbocycles. The van der Waals surface area contributed by atoms with Crippen LogP contribution in [0, 0.1) is 0 Å². The van der Waals surface area contributed by atoms with E-state index >= 15 is 0 Å². The summed E-state index contributed by atoms with van der Waals surface area (Å²) in [4.78, 5) is 8.83. The lowest BCUT2D eigenvalue weighted by atomic mass is 10.1. The summed E-state index contributed by atoms with van der Waals surface area (Å²) in [5.41, 5.74) is 18.7. The molecule has 0 amide bonds. The van der Waals surface area contributed by atoms with Crippen LogP contribution in [0.4, 0.5) is 0 Å². The van der Waals surface area contributed by atoms with E-state index in [1.807, 2.05) is 26.5 Å². The monoisotopic (exact) mass is 460 g/mol. The minimum atomic E-state index is 0.0838. The van der Waals surface area contributed by atoms with Crippen LogP contribution < -0.4 is 11.5 Å². The molecule has 2 unspecified atom stereocenters. The largest absolute Gasteiger partial charge is 0.327 e. The van der Waals surface area contributed by atoms with Gasteiger partial charge in [0.2, 0.25) is 0 Å². The van der Waals surface area contributed by atoms with Crippen molar-refractivity contribution in [2.45, 2.75) is 90.4 Å². The van der Waals surface area contributed by atoms with E-state index in [1.165, 1.54) is 55.1 Å². The molecule has 34 heavy (non-hydrogen) atoms. The highest BCUT2D eigenvalue weighted by molar-refractivity contribution is 5.77. The van der Waals surface area contributed by atoms with Crippen molar-refractivity contribution in [3.8, 4) is 0 Å². The van der Waals surface area contributed by atoms with Crippen LogP contribution in [0.3, 0.4) is 0 Å². The SMILES string of the molecule is CC(N)c1ccc2c(c1)ncn2C1CC1.CC(N)c1ccc2ncn(C3CC3)c2c1.CCCC. The normalized spacial score (nSPS) is 17.0. The Balaban J connectivity index is 0.000000140. The molecule has 2 aliphatic carbocycles. The first-order chi connectivity index (χ1) is 16.4. The van der Waals surface area contributed by atoms with Gasteiger partial charge in [0.1, 0.15) is 0 Å². The van der Waals surface area contributed by atoms with Gasteiger partial charge in [0.25, 0.3) is 0 Å². The first kappa shape index (κ1) is 24.4. The van der Waals surface area contributed by atoms with Crippen molar-refractivity contribution in [3.63, 3.8) is 0 Å². The highest BCUT2D eigenvalue weighted by Gasteiger charge is 2.25. The van der Waals surface area contributed by atoms with Gasteiger partial charge in [-0.25, -0.2) is 9.97 Å². The van der Waals surface area contributed by atoms with Gasteiger partial charge in [-0.2, -0.15) is 0 Å². The predicted molar refractivity (Wildman–Crippen MR) is 142 cm³/mol. The average molecular weight is 461 g/mol. The fourth-order valence-corrected chi connectivity index (χ4v) is 3.95. The van der Waals surface area contributed by atoms with Gasteiger partial charge in [0.05, 0.1) is 34.7 Å². The third-order valence-electron chi connectivity index (χ3n) is 6.63. The quantitative estimate of drug-likeness (QED) is 0.352. The third-order valence-corrected chi connectivity index (χ3v) is 6.63. The molecule has 182 valence electrons. The average Bonchev–Trinajstić information content (AvgIpc) is 3.78. The van der Waals surface area contributed by atoms with Crippen molar-refractivity contribution in [1.82, 2.24) is 19.1 Å². The van der Waals surface area contributed by atoms with E-state index in [-0.39, 0.29) is 12.1 Å². The number of imidazole rings is 2.